The van der Waals surface area contributed by atoms with Crippen molar-refractivity contribution in [2.45, 2.75) is 24.3 Å². The second-order valence-corrected chi connectivity index (χ2v) is 13.0. The molecule has 4 heterocycles. The van der Waals surface area contributed by atoms with Crippen LogP contribution in [-0.2, 0) is 29.4 Å². The third kappa shape index (κ3) is 6.48. The number of benzene rings is 2. The molecule has 2 aromatic heterocycles. The van der Waals surface area contributed by atoms with Crippen molar-refractivity contribution in [3.8, 4) is 0 Å². The van der Waals surface area contributed by atoms with Crippen LogP contribution in [0.4, 0.5) is 20.2 Å². The van der Waals surface area contributed by atoms with Crippen LogP contribution in [0.15, 0.2) is 65.7 Å². The molecule has 2 aliphatic heterocycles. The lowest BCUT2D eigenvalue weighted by molar-refractivity contribution is 0.0992. The van der Waals surface area contributed by atoms with E-state index in [9.17, 15) is 26.8 Å². The van der Waals surface area contributed by atoms with E-state index in [2.05, 4.69) is 37.3 Å². The van der Waals surface area contributed by atoms with Crippen LogP contribution in [0, 0.1) is 11.6 Å². The van der Waals surface area contributed by atoms with Crippen molar-refractivity contribution in [3.05, 3.63) is 101 Å². The van der Waals surface area contributed by atoms with E-state index in [0.717, 1.165) is 48.3 Å². The first-order valence-electron chi connectivity index (χ1n) is 14.4. The molecule has 1 amide bonds. The molecule has 1 fully saturated rings. The number of carbonyl (C=O) groups excluding carboxylic acids is 2. The van der Waals surface area contributed by atoms with Crippen molar-refractivity contribution in [3.63, 3.8) is 0 Å². The largest absolute Gasteiger partial charge is 0.369 e. The number of nitrogens with one attached hydrogen (secondary N) is 2. The van der Waals surface area contributed by atoms with E-state index in [0.29, 0.717) is 28.7 Å². The standard InChI is InChI=1S/C31H31F2N7O4S/c1-38-10-12-39(13-11-38)22-5-6-24(28(17-22)35-31(42)27-4-2-3-8-34-27)30(41)18-29-25-19-40(9-7-26(25)36-37-29)45(43,44)23-15-20(32)14-21(33)16-23/h2-6,8,14-17H,7,9-13,18-19H2,1H3,(H,35,42)(H,36,37). The van der Waals surface area contributed by atoms with E-state index < -0.39 is 32.5 Å². The number of aromatic nitrogens is 3. The molecule has 0 spiro atoms. The Morgan fingerprint density at radius 1 is 0.978 bits per heavy atom. The smallest absolute Gasteiger partial charge is 0.274 e. The third-order valence-electron chi connectivity index (χ3n) is 8.10. The number of sulfonamides is 1. The Kier molecular flexibility index (Phi) is 8.44. The molecule has 45 heavy (non-hydrogen) atoms. The molecule has 6 rings (SSSR count). The number of hydrogen-bond donors (Lipinski definition) is 2. The van der Waals surface area contributed by atoms with Gasteiger partial charge in [0.05, 0.1) is 22.7 Å². The minimum absolute atomic E-state index is 0.0699. The summed E-state index contributed by atoms with van der Waals surface area (Å²) < 4.78 is 55.3. The first-order valence-corrected chi connectivity index (χ1v) is 15.9. The Morgan fingerprint density at radius 3 is 2.44 bits per heavy atom. The summed E-state index contributed by atoms with van der Waals surface area (Å²) >= 11 is 0. The molecule has 11 nitrogen and oxygen atoms in total. The second-order valence-electron chi connectivity index (χ2n) is 11.1. The molecule has 2 N–H and O–H groups in total. The number of rotatable bonds is 8. The Labute approximate surface area is 258 Å². The summed E-state index contributed by atoms with van der Waals surface area (Å²) in [5.74, 6) is -2.79. The van der Waals surface area contributed by atoms with Crippen LogP contribution in [0.25, 0.3) is 0 Å². The van der Waals surface area contributed by atoms with Crippen LogP contribution in [0.2, 0.25) is 0 Å². The Balaban J connectivity index is 1.26. The molecule has 0 atom stereocenters. The number of piperazine rings is 1. The molecular weight excluding hydrogens is 604 g/mol. The van der Waals surface area contributed by atoms with Gasteiger partial charge in [0.2, 0.25) is 10.0 Å². The maximum Gasteiger partial charge on any atom is 0.274 e. The highest BCUT2D eigenvalue weighted by molar-refractivity contribution is 7.89. The summed E-state index contributed by atoms with van der Waals surface area (Å²) in [7, 11) is -2.17. The lowest BCUT2D eigenvalue weighted by atomic mass is 9.99. The summed E-state index contributed by atoms with van der Waals surface area (Å²) in [5.41, 5.74) is 3.22. The number of aromatic amines is 1. The van der Waals surface area contributed by atoms with E-state index in [1.54, 1.807) is 30.3 Å². The number of amides is 1. The van der Waals surface area contributed by atoms with E-state index in [1.807, 2.05) is 6.07 Å². The number of nitrogens with zero attached hydrogens (tertiary/aromatic N) is 5. The normalized spacial score (nSPS) is 15.9. The number of halogens is 2. The topological polar surface area (TPSA) is 132 Å². The SMILES string of the molecule is CN1CCN(c2ccc(C(=O)Cc3n[nH]c4c3CN(S(=O)(=O)c3cc(F)cc(F)c3)CC4)c(NC(=O)c3ccccn3)c2)CC1. The zero-order valence-electron chi connectivity index (χ0n) is 24.5. The molecule has 2 aromatic carbocycles. The second kappa shape index (κ2) is 12.5. The molecule has 234 valence electrons. The number of hydrogen-bond acceptors (Lipinski definition) is 8. The molecule has 4 aromatic rings. The van der Waals surface area contributed by atoms with Crippen molar-refractivity contribution < 1.29 is 26.8 Å². The maximum absolute atomic E-state index is 13.8. The molecule has 14 heteroatoms. The van der Waals surface area contributed by atoms with Gasteiger partial charge in [-0.15, -0.1) is 0 Å². The lowest BCUT2D eigenvalue weighted by Gasteiger charge is -2.34. The number of ketones is 1. The minimum Gasteiger partial charge on any atom is -0.369 e. The van der Waals surface area contributed by atoms with Crippen LogP contribution in [0.1, 0.15) is 37.8 Å². The van der Waals surface area contributed by atoms with Crippen molar-refractivity contribution >= 4 is 33.1 Å². The van der Waals surface area contributed by atoms with Gasteiger partial charge in [0.25, 0.3) is 5.91 Å². The first kappa shape index (κ1) is 30.5. The highest BCUT2D eigenvalue weighted by Crippen LogP contribution is 2.30. The maximum atomic E-state index is 13.8. The van der Waals surface area contributed by atoms with Crippen LogP contribution in [0.5, 0.6) is 0 Å². The fraction of sp³-hybridized carbons (Fsp3) is 0.290. The van der Waals surface area contributed by atoms with Crippen molar-refractivity contribution in [2.75, 3.05) is 50.0 Å². The summed E-state index contributed by atoms with van der Waals surface area (Å²) in [5, 5.41) is 10.1. The number of fused-ring (bicyclic) bond motifs is 1. The predicted octanol–water partition coefficient (Wildman–Crippen LogP) is 3.26. The zero-order valence-corrected chi connectivity index (χ0v) is 25.3. The van der Waals surface area contributed by atoms with Crippen molar-refractivity contribution in [1.29, 1.82) is 0 Å². The van der Waals surface area contributed by atoms with Gasteiger partial charge in [0.15, 0.2) is 5.78 Å². The summed E-state index contributed by atoms with van der Waals surface area (Å²) in [6.07, 6.45) is 1.61. The van der Waals surface area contributed by atoms with Crippen LogP contribution < -0.4 is 10.2 Å². The molecule has 0 unspecified atom stereocenters. The average molecular weight is 636 g/mol. The molecular formula is C31H31F2N7O4S. The monoisotopic (exact) mass is 635 g/mol. The summed E-state index contributed by atoms with van der Waals surface area (Å²) in [6, 6.07) is 12.5. The van der Waals surface area contributed by atoms with Gasteiger partial charge in [-0.25, -0.2) is 17.2 Å². The van der Waals surface area contributed by atoms with Gasteiger partial charge in [-0.3, -0.25) is 19.7 Å². The Morgan fingerprint density at radius 2 is 1.73 bits per heavy atom. The molecule has 1 saturated heterocycles. The number of pyridine rings is 1. The molecule has 0 aliphatic carbocycles. The highest BCUT2D eigenvalue weighted by Gasteiger charge is 2.32. The fourth-order valence-electron chi connectivity index (χ4n) is 5.58. The fourth-order valence-corrected chi connectivity index (χ4v) is 7.03. The number of anilines is 2. The van der Waals surface area contributed by atoms with Crippen LogP contribution >= 0.6 is 0 Å². The van der Waals surface area contributed by atoms with Gasteiger partial charge in [-0.05, 0) is 49.5 Å². The van der Waals surface area contributed by atoms with Crippen molar-refractivity contribution in [2.24, 2.45) is 0 Å². The van der Waals surface area contributed by atoms with Gasteiger partial charge in [0, 0.05) is 80.5 Å². The molecule has 0 saturated carbocycles. The van der Waals surface area contributed by atoms with Crippen LogP contribution in [0.3, 0.4) is 0 Å². The minimum atomic E-state index is -4.22. The van der Waals surface area contributed by atoms with Gasteiger partial charge < -0.3 is 15.1 Å². The third-order valence-corrected chi connectivity index (χ3v) is 9.93. The van der Waals surface area contributed by atoms with Gasteiger partial charge in [-0.2, -0.15) is 9.40 Å². The summed E-state index contributed by atoms with van der Waals surface area (Å²) in [4.78, 5) is 34.9. The highest BCUT2D eigenvalue weighted by atomic mass is 32.2. The molecule has 2 aliphatic rings. The van der Waals surface area contributed by atoms with E-state index >= 15 is 0 Å². The van der Waals surface area contributed by atoms with Crippen LogP contribution in [-0.4, -0.2) is 84.3 Å². The van der Waals surface area contributed by atoms with Gasteiger partial charge in [0.1, 0.15) is 17.3 Å². The zero-order chi connectivity index (χ0) is 31.7. The predicted molar refractivity (Wildman–Crippen MR) is 163 cm³/mol. The number of H-pyrrole nitrogens is 1. The van der Waals surface area contributed by atoms with Gasteiger partial charge >= 0.3 is 0 Å². The quantitative estimate of drug-likeness (QED) is 0.282. The first-order chi connectivity index (χ1) is 21.6. The Hall–Kier alpha value is -4.53. The lowest BCUT2D eigenvalue weighted by Crippen LogP contribution is -2.44. The van der Waals surface area contributed by atoms with E-state index in [1.165, 1.54) is 6.20 Å². The van der Waals surface area contributed by atoms with E-state index in [4.69, 9.17) is 0 Å². The Bertz CT molecular complexity index is 1840. The van der Waals surface area contributed by atoms with E-state index in [-0.39, 0.29) is 43.0 Å². The molecule has 0 bridgehead atoms. The van der Waals surface area contributed by atoms with Gasteiger partial charge in [-0.1, -0.05) is 6.07 Å². The number of carbonyl (C=O) groups is 2. The van der Waals surface area contributed by atoms with Crippen molar-refractivity contribution in [1.82, 2.24) is 24.4 Å². The summed E-state index contributed by atoms with van der Waals surface area (Å²) in [6.45, 7) is 3.28. The number of likely N-dealkylation sites (N-methyl/N-ethyl adjacent to an activating group) is 1. The molecule has 0 radical (unpaired) electrons. The number of Topliss-reactive ketones (excluding diaryl/α,β-unsaturated/α-hetero) is 1. The average Bonchev–Trinajstić information content (AvgIpc) is 3.43.